The van der Waals surface area contributed by atoms with Crippen LogP contribution < -0.4 is 5.32 Å². The van der Waals surface area contributed by atoms with Crippen LogP contribution in [0.5, 0.6) is 0 Å². The molecule has 0 spiro atoms. The SMILES string of the molecule is COCC1CCN(C(=O)C2(COC)CCNCC2)CC1. The van der Waals surface area contributed by atoms with Gasteiger partial charge in [-0.05, 0) is 44.7 Å². The lowest BCUT2D eigenvalue weighted by molar-refractivity contribution is -0.149. The van der Waals surface area contributed by atoms with Gasteiger partial charge >= 0.3 is 0 Å². The molecule has 0 radical (unpaired) electrons. The van der Waals surface area contributed by atoms with Crippen molar-refractivity contribution in [1.29, 1.82) is 0 Å². The first-order valence-corrected chi connectivity index (χ1v) is 7.70. The van der Waals surface area contributed by atoms with Gasteiger partial charge in [0.15, 0.2) is 0 Å². The van der Waals surface area contributed by atoms with Crippen LogP contribution in [0.4, 0.5) is 0 Å². The van der Waals surface area contributed by atoms with Gasteiger partial charge in [-0.15, -0.1) is 0 Å². The third kappa shape index (κ3) is 3.51. The Morgan fingerprint density at radius 3 is 2.40 bits per heavy atom. The van der Waals surface area contributed by atoms with E-state index in [1.165, 1.54) is 0 Å². The molecule has 0 unspecified atom stereocenters. The van der Waals surface area contributed by atoms with Crippen molar-refractivity contribution in [3.8, 4) is 0 Å². The van der Waals surface area contributed by atoms with Gasteiger partial charge in [0.25, 0.3) is 0 Å². The topological polar surface area (TPSA) is 50.8 Å². The Labute approximate surface area is 122 Å². The average molecular weight is 284 g/mol. The fourth-order valence-electron chi connectivity index (χ4n) is 3.48. The van der Waals surface area contributed by atoms with Crippen LogP contribution in [0.2, 0.25) is 0 Å². The van der Waals surface area contributed by atoms with Gasteiger partial charge in [-0.25, -0.2) is 0 Å². The second kappa shape index (κ2) is 7.38. The summed E-state index contributed by atoms with van der Waals surface area (Å²) in [6, 6.07) is 0. The molecule has 1 N–H and O–H groups in total. The van der Waals surface area contributed by atoms with Gasteiger partial charge < -0.3 is 19.7 Å². The molecule has 0 aromatic heterocycles. The molecule has 2 heterocycles. The van der Waals surface area contributed by atoms with Gasteiger partial charge in [0.2, 0.25) is 5.91 Å². The molecule has 5 heteroatoms. The van der Waals surface area contributed by atoms with Crippen LogP contribution in [0.1, 0.15) is 25.7 Å². The lowest BCUT2D eigenvalue weighted by Gasteiger charge is -2.41. The lowest BCUT2D eigenvalue weighted by Crippen LogP contribution is -2.53. The number of nitrogens with zero attached hydrogens (tertiary/aromatic N) is 1. The van der Waals surface area contributed by atoms with Crippen LogP contribution in [-0.2, 0) is 14.3 Å². The fraction of sp³-hybridized carbons (Fsp3) is 0.933. The minimum Gasteiger partial charge on any atom is -0.384 e. The summed E-state index contributed by atoms with van der Waals surface area (Å²) in [5, 5.41) is 3.34. The Bertz CT molecular complexity index is 303. The Morgan fingerprint density at radius 2 is 1.85 bits per heavy atom. The van der Waals surface area contributed by atoms with E-state index in [-0.39, 0.29) is 5.41 Å². The molecule has 0 atom stereocenters. The highest BCUT2D eigenvalue weighted by Gasteiger charge is 2.42. The van der Waals surface area contributed by atoms with E-state index in [1.54, 1.807) is 14.2 Å². The molecule has 0 aliphatic carbocycles. The van der Waals surface area contributed by atoms with E-state index in [1.807, 2.05) is 0 Å². The zero-order valence-corrected chi connectivity index (χ0v) is 12.8. The normalized spacial score (nSPS) is 23.8. The van der Waals surface area contributed by atoms with Crippen molar-refractivity contribution in [2.75, 3.05) is 53.6 Å². The molecule has 2 rings (SSSR count). The van der Waals surface area contributed by atoms with Crippen molar-refractivity contribution in [1.82, 2.24) is 10.2 Å². The first-order chi connectivity index (χ1) is 9.72. The fourth-order valence-corrected chi connectivity index (χ4v) is 3.48. The molecule has 2 saturated heterocycles. The minimum absolute atomic E-state index is 0.298. The smallest absolute Gasteiger partial charge is 0.231 e. The van der Waals surface area contributed by atoms with Gasteiger partial charge in [-0.3, -0.25) is 4.79 Å². The summed E-state index contributed by atoms with van der Waals surface area (Å²) in [6.45, 7) is 4.92. The molecule has 20 heavy (non-hydrogen) atoms. The Balaban J connectivity index is 1.95. The van der Waals surface area contributed by atoms with Gasteiger partial charge in [-0.1, -0.05) is 0 Å². The molecule has 0 aromatic carbocycles. The molecule has 0 saturated carbocycles. The predicted octanol–water partition coefficient (Wildman–Crippen LogP) is 0.888. The van der Waals surface area contributed by atoms with Crippen molar-refractivity contribution >= 4 is 5.91 Å². The number of carbonyl (C=O) groups is 1. The first-order valence-electron chi connectivity index (χ1n) is 7.70. The van der Waals surface area contributed by atoms with Crippen molar-refractivity contribution in [3.63, 3.8) is 0 Å². The van der Waals surface area contributed by atoms with Crippen LogP contribution in [0.15, 0.2) is 0 Å². The van der Waals surface area contributed by atoms with Crippen LogP contribution in [0.25, 0.3) is 0 Å². The molecular weight excluding hydrogens is 256 g/mol. The Morgan fingerprint density at radius 1 is 1.20 bits per heavy atom. The maximum absolute atomic E-state index is 12.9. The number of rotatable bonds is 5. The summed E-state index contributed by atoms with van der Waals surface area (Å²) in [4.78, 5) is 15.0. The summed E-state index contributed by atoms with van der Waals surface area (Å²) < 4.78 is 10.6. The van der Waals surface area contributed by atoms with E-state index in [4.69, 9.17) is 9.47 Å². The van der Waals surface area contributed by atoms with Crippen LogP contribution in [0.3, 0.4) is 0 Å². The molecule has 5 nitrogen and oxygen atoms in total. The number of carbonyl (C=O) groups excluding carboxylic acids is 1. The number of nitrogens with one attached hydrogen (secondary N) is 1. The van der Waals surface area contributed by atoms with E-state index in [0.717, 1.165) is 58.5 Å². The number of piperidine rings is 2. The number of ether oxygens (including phenoxy) is 2. The first kappa shape index (κ1) is 15.7. The van der Waals surface area contributed by atoms with E-state index in [2.05, 4.69) is 10.2 Å². The largest absolute Gasteiger partial charge is 0.384 e. The standard InChI is InChI=1S/C15H28N2O3/c1-19-11-13-3-9-17(10-4-13)14(18)15(12-20-2)5-7-16-8-6-15/h13,16H,3-12H2,1-2H3. The maximum atomic E-state index is 12.9. The van der Waals surface area contributed by atoms with E-state index in [0.29, 0.717) is 18.4 Å². The summed E-state index contributed by atoms with van der Waals surface area (Å²) in [7, 11) is 3.45. The van der Waals surface area contributed by atoms with Crippen molar-refractivity contribution in [2.24, 2.45) is 11.3 Å². The second-order valence-corrected chi connectivity index (χ2v) is 6.15. The van der Waals surface area contributed by atoms with E-state index in [9.17, 15) is 4.79 Å². The number of likely N-dealkylation sites (tertiary alicyclic amines) is 1. The molecule has 0 bridgehead atoms. The molecule has 2 aliphatic heterocycles. The molecule has 116 valence electrons. The van der Waals surface area contributed by atoms with Crippen molar-refractivity contribution in [2.45, 2.75) is 25.7 Å². The van der Waals surface area contributed by atoms with Crippen LogP contribution >= 0.6 is 0 Å². The molecule has 0 aromatic rings. The highest BCUT2D eigenvalue weighted by Crippen LogP contribution is 2.33. The number of hydrogen-bond acceptors (Lipinski definition) is 4. The highest BCUT2D eigenvalue weighted by molar-refractivity contribution is 5.83. The molecule has 1 amide bonds. The monoisotopic (exact) mass is 284 g/mol. The maximum Gasteiger partial charge on any atom is 0.231 e. The van der Waals surface area contributed by atoms with Crippen molar-refractivity contribution < 1.29 is 14.3 Å². The highest BCUT2D eigenvalue weighted by atomic mass is 16.5. The molecular formula is C15H28N2O3. The number of methoxy groups -OCH3 is 2. The predicted molar refractivity (Wildman–Crippen MR) is 77.6 cm³/mol. The van der Waals surface area contributed by atoms with E-state index < -0.39 is 0 Å². The van der Waals surface area contributed by atoms with Gasteiger partial charge in [0, 0.05) is 33.9 Å². The summed E-state index contributed by atoms with van der Waals surface area (Å²) in [5.41, 5.74) is -0.298. The zero-order valence-electron chi connectivity index (χ0n) is 12.8. The summed E-state index contributed by atoms with van der Waals surface area (Å²) in [5.74, 6) is 0.909. The van der Waals surface area contributed by atoms with Crippen LogP contribution in [0, 0.1) is 11.3 Å². The van der Waals surface area contributed by atoms with Gasteiger partial charge in [0.1, 0.15) is 0 Å². The summed E-state index contributed by atoms with van der Waals surface area (Å²) >= 11 is 0. The van der Waals surface area contributed by atoms with Crippen molar-refractivity contribution in [3.05, 3.63) is 0 Å². The van der Waals surface area contributed by atoms with E-state index >= 15 is 0 Å². The van der Waals surface area contributed by atoms with Crippen LogP contribution in [-0.4, -0.2) is 64.4 Å². The second-order valence-electron chi connectivity index (χ2n) is 6.15. The quantitative estimate of drug-likeness (QED) is 0.814. The summed E-state index contributed by atoms with van der Waals surface area (Å²) in [6.07, 6.45) is 3.89. The van der Waals surface area contributed by atoms with Gasteiger partial charge in [-0.2, -0.15) is 0 Å². The average Bonchev–Trinajstić information content (AvgIpc) is 2.49. The third-order valence-corrected chi connectivity index (χ3v) is 4.74. The Hall–Kier alpha value is -0.650. The van der Waals surface area contributed by atoms with Gasteiger partial charge in [0.05, 0.1) is 12.0 Å². The number of amides is 1. The lowest BCUT2D eigenvalue weighted by atomic mass is 9.77. The molecule has 2 aliphatic rings. The third-order valence-electron chi connectivity index (χ3n) is 4.74. The minimum atomic E-state index is -0.298. The Kier molecular flexibility index (Phi) is 5.81. The zero-order chi connectivity index (χ0) is 14.4. The number of hydrogen-bond donors (Lipinski definition) is 1. The molecule has 2 fully saturated rings.